The summed E-state index contributed by atoms with van der Waals surface area (Å²) in [7, 11) is 0. The Morgan fingerprint density at radius 2 is 2.20 bits per heavy atom. The molecule has 0 aliphatic rings. The van der Waals surface area contributed by atoms with Crippen molar-refractivity contribution in [3.8, 4) is 0 Å². The van der Waals surface area contributed by atoms with Crippen LogP contribution in [-0.2, 0) is 0 Å². The molecule has 0 aromatic heterocycles. The molecule has 0 atom stereocenters. The zero-order chi connectivity index (χ0) is 7.82. The first-order valence-electron chi connectivity index (χ1n) is 3.39. The van der Waals surface area contributed by atoms with Crippen LogP contribution in [-0.4, -0.2) is 11.7 Å². The quantitative estimate of drug-likeness (QED) is 0.576. The number of hydrogen-bond acceptors (Lipinski definition) is 1. The van der Waals surface area contributed by atoms with Crippen LogP contribution in [0.3, 0.4) is 0 Å². The lowest BCUT2D eigenvalue weighted by molar-refractivity contribution is 0.289. The highest BCUT2D eigenvalue weighted by atomic mass is 16.2. The molecule has 0 spiro atoms. The normalized spacial score (nSPS) is 10.1. The average Bonchev–Trinajstić information content (AvgIpc) is 1.97. The first kappa shape index (κ1) is 9.18. The Morgan fingerprint density at radius 3 is 2.70 bits per heavy atom. The summed E-state index contributed by atoms with van der Waals surface area (Å²) in [4.78, 5) is 0. The van der Waals surface area contributed by atoms with Gasteiger partial charge in [0, 0.05) is 6.61 Å². The standard InChI is InChI=1S/C9H14O/c1-3-4-6-9(2)7-5-8-10/h3-4,6,10H,1-2,5,7-8H2/b6-4-. The second-order valence-electron chi connectivity index (χ2n) is 2.08. The molecule has 1 N–H and O–H groups in total. The maximum absolute atomic E-state index is 8.46. The summed E-state index contributed by atoms with van der Waals surface area (Å²) in [5.74, 6) is 0. The SMILES string of the molecule is C=C/C=C\C(=C)CCCO. The molecule has 1 heteroatoms. The smallest absolute Gasteiger partial charge is 0.0434 e. The summed E-state index contributed by atoms with van der Waals surface area (Å²) in [6.07, 6.45) is 7.12. The van der Waals surface area contributed by atoms with Gasteiger partial charge in [0.15, 0.2) is 0 Å². The lowest BCUT2D eigenvalue weighted by atomic mass is 10.1. The van der Waals surface area contributed by atoms with Crippen LogP contribution in [0.15, 0.2) is 37.0 Å². The fourth-order valence-corrected chi connectivity index (χ4v) is 0.594. The van der Waals surface area contributed by atoms with Crippen molar-refractivity contribution in [1.82, 2.24) is 0 Å². The molecule has 0 aromatic rings. The van der Waals surface area contributed by atoms with Gasteiger partial charge in [0.25, 0.3) is 0 Å². The van der Waals surface area contributed by atoms with E-state index in [1.54, 1.807) is 6.08 Å². The monoisotopic (exact) mass is 138 g/mol. The van der Waals surface area contributed by atoms with Gasteiger partial charge >= 0.3 is 0 Å². The lowest BCUT2D eigenvalue weighted by Crippen LogP contribution is -1.82. The average molecular weight is 138 g/mol. The van der Waals surface area contributed by atoms with Crippen LogP contribution >= 0.6 is 0 Å². The van der Waals surface area contributed by atoms with Crippen LogP contribution in [0.1, 0.15) is 12.8 Å². The van der Waals surface area contributed by atoms with E-state index in [4.69, 9.17) is 5.11 Å². The van der Waals surface area contributed by atoms with Gasteiger partial charge in [-0.15, -0.1) is 0 Å². The van der Waals surface area contributed by atoms with Crippen molar-refractivity contribution in [2.75, 3.05) is 6.61 Å². The van der Waals surface area contributed by atoms with Crippen molar-refractivity contribution in [3.05, 3.63) is 37.0 Å². The van der Waals surface area contributed by atoms with Crippen LogP contribution in [0.2, 0.25) is 0 Å². The van der Waals surface area contributed by atoms with E-state index in [2.05, 4.69) is 13.2 Å². The Bertz CT molecular complexity index is 134. The van der Waals surface area contributed by atoms with Crippen LogP contribution in [0.25, 0.3) is 0 Å². The van der Waals surface area contributed by atoms with Gasteiger partial charge in [0.2, 0.25) is 0 Å². The Labute approximate surface area is 62.4 Å². The number of allylic oxidation sites excluding steroid dienone is 4. The first-order chi connectivity index (χ1) is 4.81. The molecule has 0 radical (unpaired) electrons. The van der Waals surface area contributed by atoms with E-state index in [0.29, 0.717) is 0 Å². The molecular weight excluding hydrogens is 124 g/mol. The number of rotatable bonds is 5. The fraction of sp³-hybridized carbons (Fsp3) is 0.333. The number of aliphatic hydroxyl groups excluding tert-OH is 1. The van der Waals surface area contributed by atoms with Crippen LogP contribution in [0, 0.1) is 0 Å². The zero-order valence-electron chi connectivity index (χ0n) is 6.21. The van der Waals surface area contributed by atoms with E-state index in [1.165, 1.54) is 0 Å². The molecule has 0 aliphatic carbocycles. The molecule has 0 saturated carbocycles. The summed E-state index contributed by atoms with van der Waals surface area (Å²) < 4.78 is 0. The van der Waals surface area contributed by atoms with Crippen molar-refractivity contribution in [2.45, 2.75) is 12.8 Å². The Morgan fingerprint density at radius 1 is 1.50 bits per heavy atom. The van der Waals surface area contributed by atoms with Gasteiger partial charge in [-0.3, -0.25) is 0 Å². The second kappa shape index (κ2) is 6.30. The molecule has 0 bridgehead atoms. The topological polar surface area (TPSA) is 20.2 Å². The minimum Gasteiger partial charge on any atom is -0.396 e. The number of hydrogen-bond donors (Lipinski definition) is 1. The third-order valence-corrected chi connectivity index (χ3v) is 1.12. The number of aliphatic hydroxyl groups is 1. The van der Waals surface area contributed by atoms with Gasteiger partial charge in [-0.1, -0.05) is 37.0 Å². The van der Waals surface area contributed by atoms with Crippen molar-refractivity contribution in [3.63, 3.8) is 0 Å². The van der Waals surface area contributed by atoms with Crippen molar-refractivity contribution >= 4 is 0 Å². The third kappa shape index (κ3) is 5.32. The molecule has 0 fully saturated rings. The maximum Gasteiger partial charge on any atom is 0.0434 e. The summed E-state index contributed by atoms with van der Waals surface area (Å²) in [5.41, 5.74) is 1.04. The molecular formula is C9H14O. The molecule has 10 heavy (non-hydrogen) atoms. The Balaban J connectivity index is 3.43. The predicted molar refractivity (Wildman–Crippen MR) is 44.8 cm³/mol. The van der Waals surface area contributed by atoms with E-state index < -0.39 is 0 Å². The summed E-state index contributed by atoms with van der Waals surface area (Å²) in [6, 6.07) is 0. The molecule has 0 saturated heterocycles. The molecule has 1 nitrogen and oxygen atoms in total. The predicted octanol–water partition coefficient (Wildman–Crippen LogP) is 2.06. The van der Waals surface area contributed by atoms with E-state index in [-0.39, 0.29) is 6.61 Å². The first-order valence-corrected chi connectivity index (χ1v) is 3.39. The van der Waals surface area contributed by atoms with Gasteiger partial charge in [0.05, 0.1) is 0 Å². The zero-order valence-corrected chi connectivity index (χ0v) is 6.21. The van der Waals surface area contributed by atoms with Gasteiger partial charge in [-0.05, 0) is 12.8 Å². The molecule has 0 unspecified atom stereocenters. The van der Waals surface area contributed by atoms with E-state index >= 15 is 0 Å². The highest BCUT2D eigenvalue weighted by molar-refractivity contribution is 5.17. The highest BCUT2D eigenvalue weighted by Gasteiger charge is 1.86. The van der Waals surface area contributed by atoms with Crippen LogP contribution < -0.4 is 0 Å². The summed E-state index contributed by atoms with van der Waals surface area (Å²) in [5, 5.41) is 8.46. The molecule has 0 amide bonds. The fourth-order valence-electron chi connectivity index (χ4n) is 0.594. The molecule has 0 aliphatic heterocycles. The maximum atomic E-state index is 8.46. The molecule has 0 heterocycles. The lowest BCUT2D eigenvalue weighted by Gasteiger charge is -1.94. The van der Waals surface area contributed by atoms with Gasteiger partial charge in [0.1, 0.15) is 0 Å². The van der Waals surface area contributed by atoms with E-state index in [1.807, 2.05) is 12.2 Å². The van der Waals surface area contributed by atoms with Gasteiger partial charge < -0.3 is 5.11 Å². The molecule has 56 valence electrons. The van der Waals surface area contributed by atoms with Gasteiger partial charge in [-0.25, -0.2) is 0 Å². The minimum atomic E-state index is 0.237. The summed E-state index contributed by atoms with van der Waals surface area (Å²) in [6.45, 7) is 7.56. The van der Waals surface area contributed by atoms with Crippen molar-refractivity contribution < 1.29 is 5.11 Å². The Kier molecular flexibility index (Phi) is 5.79. The van der Waals surface area contributed by atoms with Crippen molar-refractivity contribution in [1.29, 1.82) is 0 Å². The van der Waals surface area contributed by atoms with E-state index in [0.717, 1.165) is 18.4 Å². The third-order valence-electron chi connectivity index (χ3n) is 1.12. The Hall–Kier alpha value is -0.820. The highest BCUT2D eigenvalue weighted by Crippen LogP contribution is 2.02. The van der Waals surface area contributed by atoms with Gasteiger partial charge in [-0.2, -0.15) is 0 Å². The van der Waals surface area contributed by atoms with Crippen molar-refractivity contribution in [2.24, 2.45) is 0 Å². The molecule has 0 rings (SSSR count). The summed E-state index contributed by atoms with van der Waals surface area (Å²) >= 11 is 0. The minimum absolute atomic E-state index is 0.237. The second-order valence-corrected chi connectivity index (χ2v) is 2.08. The largest absolute Gasteiger partial charge is 0.396 e. The van der Waals surface area contributed by atoms with E-state index in [9.17, 15) is 0 Å². The van der Waals surface area contributed by atoms with Crippen LogP contribution in [0.5, 0.6) is 0 Å². The van der Waals surface area contributed by atoms with Crippen LogP contribution in [0.4, 0.5) is 0 Å². The molecule has 0 aromatic carbocycles.